The molecule has 0 saturated carbocycles. The van der Waals surface area contributed by atoms with Crippen molar-refractivity contribution in [3.63, 3.8) is 0 Å². The Kier molecular flexibility index (Phi) is 5.42. The van der Waals surface area contributed by atoms with Crippen LogP contribution in [0, 0.1) is 6.92 Å². The Morgan fingerprint density at radius 3 is 2.45 bits per heavy atom. The van der Waals surface area contributed by atoms with Crippen LogP contribution in [0.2, 0.25) is 0 Å². The van der Waals surface area contributed by atoms with Gasteiger partial charge < -0.3 is 14.8 Å². The van der Waals surface area contributed by atoms with Crippen LogP contribution in [0.15, 0.2) is 48.5 Å². The molecule has 0 heterocycles. The number of ether oxygens (including phenoxy) is 2. The molecule has 0 aromatic heterocycles. The third-order valence-corrected chi connectivity index (χ3v) is 3.22. The van der Waals surface area contributed by atoms with Gasteiger partial charge >= 0.3 is 0 Å². The smallest absolute Gasteiger partial charge is 0.251 e. The summed E-state index contributed by atoms with van der Waals surface area (Å²) in [5, 5.41) is 2.93. The molecule has 0 unspecified atom stereocenters. The quantitative estimate of drug-likeness (QED) is 0.891. The molecule has 0 spiro atoms. The zero-order valence-electron chi connectivity index (χ0n) is 13.1. The summed E-state index contributed by atoms with van der Waals surface area (Å²) in [5.74, 6) is 1.44. The summed E-state index contributed by atoms with van der Waals surface area (Å²) in [5.41, 5.74) is 1.73. The molecule has 1 N–H and O–H groups in total. The molecule has 0 bridgehead atoms. The van der Waals surface area contributed by atoms with Crippen LogP contribution < -0.4 is 14.8 Å². The first-order valence-corrected chi connectivity index (χ1v) is 7.23. The highest BCUT2D eigenvalue weighted by atomic mass is 16.5. The van der Waals surface area contributed by atoms with Crippen molar-refractivity contribution in [2.24, 2.45) is 0 Å². The van der Waals surface area contributed by atoms with Crippen molar-refractivity contribution in [1.29, 1.82) is 0 Å². The third-order valence-electron chi connectivity index (χ3n) is 3.22. The Hall–Kier alpha value is -2.49. The van der Waals surface area contributed by atoms with Gasteiger partial charge in [0.2, 0.25) is 0 Å². The van der Waals surface area contributed by atoms with Crippen molar-refractivity contribution in [2.75, 3.05) is 13.7 Å². The van der Waals surface area contributed by atoms with Gasteiger partial charge in [-0.2, -0.15) is 0 Å². The predicted octanol–water partition coefficient (Wildman–Crippen LogP) is 3.20. The first-order valence-electron chi connectivity index (χ1n) is 7.23. The monoisotopic (exact) mass is 299 g/mol. The van der Waals surface area contributed by atoms with Crippen LogP contribution in [0.1, 0.15) is 22.8 Å². The van der Waals surface area contributed by atoms with Crippen LogP contribution in [0.5, 0.6) is 11.5 Å². The number of methoxy groups -OCH3 is 1. The molecule has 2 aromatic rings. The third kappa shape index (κ3) is 4.52. The van der Waals surface area contributed by atoms with Gasteiger partial charge in [-0.3, -0.25) is 4.79 Å². The lowest BCUT2D eigenvalue weighted by Gasteiger charge is -2.15. The van der Waals surface area contributed by atoms with Crippen LogP contribution in [-0.4, -0.2) is 25.7 Å². The zero-order chi connectivity index (χ0) is 15.9. The standard InChI is InChI=1S/C18H21NO3/c1-13-5-4-6-15(11-13)18(20)19-14(2)12-22-17-9-7-16(21-3)8-10-17/h4-11,14H,12H2,1-3H3,(H,19,20)/t14-/m1/s1. The molecule has 2 rings (SSSR count). The van der Waals surface area contributed by atoms with E-state index in [-0.39, 0.29) is 11.9 Å². The molecule has 116 valence electrons. The number of hydrogen-bond acceptors (Lipinski definition) is 3. The summed E-state index contributed by atoms with van der Waals surface area (Å²) in [7, 11) is 1.62. The zero-order valence-corrected chi connectivity index (χ0v) is 13.1. The Labute approximate surface area is 131 Å². The fraction of sp³-hybridized carbons (Fsp3) is 0.278. The molecule has 0 radical (unpaired) electrons. The number of hydrogen-bond donors (Lipinski definition) is 1. The maximum Gasteiger partial charge on any atom is 0.251 e. The van der Waals surface area contributed by atoms with E-state index in [4.69, 9.17) is 9.47 Å². The highest BCUT2D eigenvalue weighted by Gasteiger charge is 2.10. The number of aryl methyl sites for hydroxylation is 1. The van der Waals surface area contributed by atoms with Gasteiger partial charge in [0.1, 0.15) is 18.1 Å². The number of nitrogens with one attached hydrogen (secondary N) is 1. The van der Waals surface area contributed by atoms with Crippen LogP contribution in [0.25, 0.3) is 0 Å². The maximum atomic E-state index is 12.1. The van der Waals surface area contributed by atoms with Gasteiger partial charge in [0.15, 0.2) is 0 Å². The summed E-state index contributed by atoms with van der Waals surface area (Å²) >= 11 is 0. The molecule has 0 aliphatic carbocycles. The van der Waals surface area contributed by atoms with Gasteiger partial charge in [-0.05, 0) is 50.2 Å². The second kappa shape index (κ2) is 7.50. The summed E-state index contributed by atoms with van der Waals surface area (Å²) in [6.07, 6.45) is 0. The first kappa shape index (κ1) is 15.9. The van der Waals surface area contributed by atoms with Crippen molar-refractivity contribution < 1.29 is 14.3 Å². The van der Waals surface area contributed by atoms with E-state index in [1.165, 1.54) is 0 Å². The minimum atomic E-state index is -0.0884. The van der Waals surface area contributed by atoms with E-state index >= 15 is 0 Å². The van der Waals surface area contributed by atoms with Gasteiger partial charge in [0.25, 0.3) is 5.91 Å². The van der Waals surface area contributed by atoms with Crippen LogP contribution >= 0.6 is 0 Å². The fourth-order valence-electron chi connectivity index (χ4n) is 2.03. The molecular formula is C18H21NO3. The van der Waals surface area contributed by atoms with Crippen LogP contribution in [0.3, 0.4) is 0 Å². The van der Waals surface area contributed by atoms with E-state index in [1.807, 2.05) is 56.3 Å². The molecule has 4 heteroatoms. The average Bonchev–Trinajstić information content (AvgIpc) is 2.53. The van der Waals surface area contributed by atoms with Crippen molar-refractivity contribution in [2.45, 2.75) is 19.9 Å². The summed E-state index contributed by atoms with van der Waals surface area (Å²) in [4.78, 5) is 12.1. The maximum absolute atomic E-state index is 12.1. The topological polar surface area (TPSA) is 47.6 Å². The largest absolute Gasteiger partial charge is 0.497 e. The molecular weight excluding hydrogens is 278 g/mol. The average molecular weight is 299 g/mol. The molecule has 4 nitrogen and oxygen atoms in total. The van der Waals surface area contributed by atoms with Crippen molar-refractivity contribution in [3.8, 4) is 11.5 Å². The summed E-state index contributed by atoms with van der Waals surface area (Å²) in [6, 6.07) is 14.8. The van der Waals surface area contributed by atoms with Gasteiger partial charge in [-0.25, -0.2) is 0 Å². The van der Waals surface area contributed by atoms with Crippen LogP contribution in [-0.2, 0) is 0 Å². The van der Waals surface area contributed by atoms with Crippen LogP contribution in [0.4, 0.5) is 0 Å². The number of rotatable bonds is 6. The molecule has 0 aliphatic heterocycles. The van der Waals surface area contributed by atoms with Crippen molar-refractivity contribution in [3.05, 3.63) is 59.7 Å². The summed E-state index contributed by atoms with van der Waals surface area (Å²) in [6.45, 7) is 4.29. The van der Waals surface area contributed by atoms with Gasteiger partial charge in [0.05, 0.1) is 13.2 Å². The lowest BCUT2D eigenvalue weighted by atomic mass is 10.1. The van der Waals surface area contributed by atoms with Gasteiger partial charge in [-0.1, -0.05) is 17.7 Å². The fourth-order valence-corrected chi connectivity index (χ4v) is 2.03. The van der Waals surface area contributed by atoms with Gasteiger partial charge in [-0.15, -0.1) is 0 Å². The molecule has 2 aromatic carbocycles. The first-order chi connectivity index (χ1) is 10.6. The van der Waals surface area contributed by atoms with Crippen molar-refractivity contribution in [1.82, 2.24) is 5.32 Å². The normalized spacial score (nSPS) is 11.6. The Balaban J connectivity index is 1.84. The van der Waals surface area contributed by atoms with E-state index in [0.717, 1.165) is 17.1 Å². The minimum absolute atomic E-state index is 0.0879. The summed E-state index contributed by atoms with van der Waals surface area (Å²) < 4.78 is 10.8. The highest BCUT2D eigenvalue weighted by molar-refractivity contribution is 5.94. The minimum Gasteiger partial charge on any atom is -0.497 e. The molecule has 0 aliphatic rings. The lowest BCUT2D eigenvalue weighted by Crippen LogP contribution is -2.36. The lowest BCUT2D eigenvalue weighted by molar-refractivity contribution is 0.0926. The van der Waals surface area contributed by atoms with Gasteiger partial charge in [0, 0.05) is 5.56 Å². The van der Waals surface area contributed by atoms with Crippen molar-refractivity contribution >= 4 is 5.91 Å². The number of carbonyl (C=O) groups excluding carboxylic acids is 1. The molecule has 0 saturated heterocycles. The van der Waals surface area contributed by atoms with E-state index in [2.05, 4.69) is 5.32 Å². The molecule has 22 heavy (non-hydrogen) atoms. The van der Waals surface area contributed by atoms with E-state index < -0.39 is 0 Å². The molecule has 0 fully saturated rings. The second-order valence-electron chi connectivity index (χ2n) is 5.23. The van der Waals surface area contributed by atoms with E-state index in [1.54, 1.807) is 13.2 Å². The second-order valence-corrected chi connectivity index (χ2v) is 5.23. The number of carbonyl (C=O) groups is 1. The Bertz CT molecular complexity index is 622. The Morgan fingerprint density at radius 1 is 1.14 bits per heavy atom. The molecule has 1 amide bonds. The number of amides is 1. The predicted molar refractivity (Wildman–Crippen MR) is 86.6 cm³/mol. The SMILES string of the molecule is COc1ccc(OC[C@@H](C)NC(=O)c2cccc(C)c2)cc1. The van der Waals surface area contributed by atoms with E-state index in [0.29, 0.717) is 12.2 Å². The molecule has 1 atom stereocenters. The highest BCUT2D eigenvalue weighted by Crippen LogP contribution is 2.17. The Morgan fingerprint density at radius 2 is 1.82 bits per heavy atom. The number of benzene rings is 2. The van der Waals surface area contributed by atoms with E-state index in [9.17, 15) is 4.79 Å².